The van der Waals surface area contributed by atoms with Gasteiger partial charge in [-0.25, -0.2) is 18.0 Å². The Kier molecular flexibility index (Phi) is 7.85. The molecule has 0 aliphatic carbocycles. The van der Waals surface area contributed by atoms with Crippen molar-refractivity contribution in [2.45, 2.75) is 25.8 Å². The van der Waals surface area contributed by atoms with Gasteiger partial charge in [-0.15, -0.1) is 0 Å². The quantitative estimate of drug-likeness (QED) is 0.238. The number of aliphatic hydroxyl groups is 1. The van der Waals surface area contributed by atoms with Crippen LogP contribution in [0.2, 0.25) is 0 Å². The Morgan fingerprint density at radius 3 is 2.39 bits per heavy atom. The van der Waals surface area contributed by atoms with E-state index in [1.807, 2.05) is 0 Å². The van der Waals surface area contributed by atoms with Gasteiger partial charge in [0, 0.05) is 36.6 Å². The van der Waals surface area contributed by atoms with Crippen LogP contribution in [0.25, 0.3) is 0 Å². The number of rotatable bonds is 8. The highest BCUT2D eigenvalue weighted by molar-refractivity contribution is 6.11. The van der Waals surface area contributed by atoms with E-state index < -0.39 is 46.7 Å². The van der Waals surface area contributed by atoms with Gasteiger partial charge in [0.05, 0.1) is 5.56 Å². The summed E-state index contributed by atoms with van der Waals surface area (Å²) in [4.78, 5) is 50.1. The van der Waals surface area contributed by atoms with Crippen molar-refractivity contribution in [2.75, 3.05) is 6.54 Å². The number of ketones is 1. The van der Waals surface area contributed by atoms with Gasteiger partial charge in [-0.1, -0.05) is 24.3 Å². The van der Waals surface area contributed by atoms with Crippen molar-refractivity contribution in [3.05, 3.63) is 94.5 Å². The highest BCUT2D eigenvalue weighted by atomic mass is 19.1. The van der Waals surface area contributed by atoms with Crippen molar-refractivity contribution in [3.8, 4) is 0 Å². The van der Waals surface area contributed by atoms with Gasteiger partial charge in [0.15, 0.2) is 30.2 Å². The largest absolute Gasteiger partial charge is 0.503 e. The monoisotopic (exact) mass is 526 g/mol. The summed E-state index contributed by atoms with van der Waals surface area (Å²) >= 11 is 0. The number of nitrogens with one attached hydrogen (secondary N) is 1. The fourth-order valence-electron chi connectivity index (χ4n) is 4.15. The molecule has 0 bridgehead atoms. The van der Waals surface area contributed by atoms with Crippen LogP contribution in [-0.4, -0.2) is 51.0 Å². The first-order valence-corrected chi connectivity index (χ1v) is 11.7. The van der Waals surface area contributed by atoms with E-state index in [0.29, 0.717) is 12.5 Å². The Morgan fingerprint density at radius 2 is 1.74 bits per heavy atom. The molecule has 3 amide bonds. The highest BCUT2D eigenvalue weighted by Gasteiger charge is 2.37. The second kappa shape index (κ2) is 11.2. The summed E-state index contributed by atoms with van der Waals surface area (Å²) in [5.74, 6) is -8.12. The first-order chi connectivity index (χ1) is 18.1. The number of halogens is 3. The number of nitrogens with zero attached hydrogens (tertiary/aromatic N) is 2. The van der Waals surface area contributed by atoms with Gasteiger partial charge in [0.25, 0.3) is 0 Å². The third-order valence-corrected chi connectivity index (χ3v) is 6.12. The summed E-state index contributed by atoms with van der Waals surface area (Å²) in [5, 5.41) is 11.2. The van der Waals surface area contributed by atoms with E-state index in [0.717, 1.165) is 21.7 Å². The van der Waals surface area contributed by atoms with Crippen molar-refractivity contribution < 1.29 is 42.0 Å². The van der Waals surface area contributed by atoms with E-state index in [1.165, 1.54) is 36.6 Å². The normalized spacial score (nSPS) is 17.8. The minimum atomic E-state index is -1.57. The standard InChI is InChI=1S/C27H22F3N3O5/c28-20-6-2-1-5-17(20)15-32-14-16(11-18-21(29)7-3-8-22(18)30)12-19(27(32)38)23(34)13-24(35)26(37)31-33-10-4-9-25(33)36/h1-3,5-8,12-14,19H,4,9-11,15H2,(H-,31,34,35,37)/p+1. The van der Waals surface area contributed by atoms with Crippen LogP contribution in [-0.2, 0) is 32.1 Å². The Hall–Kier alpha value is -4.54. The van der Waals surface area contributed by atoms with Gasteiger partial charge < -0.3 is 5.11 Å². The molecule has 2 heterocycles. The fourth-order valence-corrected chi connectivity index (χ4v) is 4.15. The van der Waals surface area contributed by atoms with Crippen molar-refractivity contribution in [1.29, 1.82) is 0 Å². The average molecular weight is 526 g/mol. The molecule has 0 saturated carbocycles. The number of carbonyl (C=O) groups is 4. The van der Waals surface area contributed by atoms with Gasteiger partial charge in [0.2, 0.25) is 5.91 Å². The molecule has 11 heteroatoms. The number of amides is 3. The van der Waals surface area contributed by atoms with E-state index >= 15 is 0 Å². The summed E-state index contributed by atoms with van der Waals surface area (Å²) in [6.07, 6.45) is 3.42. The van der Waals surface area contributed by atoms with E-state index in [-0.39, 0.29) is 48.5 Å². The summed E-state index contributed by atoms with van der Waals surface area (Å²) in [5.41, 5.74) is 2.20. The van der Waals surface area contributed by atoms with Crippen molar-refractivity contribution in [2.24, 2.45) is 5.92 Å². The SMILES string of the molecule is O=C(NN1CCCC1=O)/C(O)=C/C(=O)C1C=C(Cc2c(F)cccc2F)C=[N+](Cc2ccccc2F)C1=O. The molecule has 0 radical (unpaired) electrons. The first-order valence-electron chi connectivity index (χ1n) is 11.7. The lowest BCUT2D eigenvalue weighted by molar-refractivity contribution is -0.463. The lowest BCUT2D eigenvalue weighted by Crippen LogP contribution is -2.43. The molecule has 2 aromatic rings. The van der Waals surface area contributed by atoms with E-state index in [1.54, 1.807) is 6.07 Å². The molecule has 0 aromatic heterocycles. The van der Waals surface area contributed by atoms with Crippen LogP contribution in [0.1, 0.15) is 24.0 Å². The molecule has 2 N–H and O–H groups in total. The molecular weight excluding hydrogens is 503 g/mol. The third kappa shape index (κ3) is 5.88. The number of hydrogen-bond acceptors (Lipinski definition) is 5. The Morgan fingerprint density at radius 1 is 1.05 bits per heavy atom. The van der Waals surface area contributed by atoms with E-state index in [2.05, 4.69) is 5.43 Å². The van der Waals surface area contributed by atoms with Crippen molar-refractivity contribution >= 4 is 29.7 Å². The summed E-state index contributed by atoms with van der Waals surface area (Å²) in [6, 6.07) is 9.00. The second-order valence-corrected chi connectivity index (χ2v) is 8.80. The van der Waals surface area contributed by atoms with Crippen LogP contribution < -0.4 is 5.43 Å². The Balaban J connectivity index is 1.63. The highest BCUT2D eigenvalue weighted by Crippen LogP contribution is 2.22. The number of carbonyl (C=O) groups excluding carboxylic acids is 4. The fraction of sp³-hybridized carbons (Fsp3) is 0.222. The summed E-state index contributed by atoms with van der Waals surface area (Å²) < 4.78 is 43.9. The van der Waals surface area contributed by atoms with E-state index in [4.69, 9.17) is 0 Å². The van der Waals surface area contributed by atoms with E-state index in [9.17, 15) is 37.5 Å². The molecule has 2 aromatic carbocycles. The molecule has 1 unspecified atom stereocenters. The zero-order chi connectivity index (χ0) is 27.4. The van der Waals surface area contributed by atoms with Crippen LogP contribution in [0.5, 0.6) is 0 Å². The van der Waals surface area contributed by atoms with Crippen LogP contribution in [0.4, 0.5) is 13.2 Å². The number of hydrazine groups is 1. The molecule has 196 valence electrons. The molecule has 38 heavy (non-hydrogen) atoms. The molecule has 8 nitrogen and oxygen atoms in total. The van der Waals surface area contributed by atoms with Gasteiger partial charge in [-0.2, -0.15) is 4.58 Å². The molecule has 2 aliphatic heterocycles. The van der Waals surface area contributed by atoms with Crippen molar-refractivity contribution in [1.82, 2.24) is 10.4 Å². The zero-order valence-corrected chi connectivity index (χ0v) is 20.0. The lowest BCUT2D eigenvalue weighted by atomic mass is 9.93. The maximum atomic E-state index is 14.3. The number of benzene rings is 2. The molecule has 4 rings (SSSR count). The van der Waals surface area contributed by atoms with Gasteiger partial charge in [-0.05, 0) is 30.7 Å². The molecule has 1 atom stereocenters. The number of aliphatic hydroxyl groups excluding tert-OH is 1. The predicted molar refractivity (Wildman–Crippen MR) is 128 cm³/mol. The predicted octanol–water partition coefficient (Wildman–Crippen LogP) is 2.68. The molecule has 1 saturated heterocycles. The van der Waals surface area contributed by atoms with Crippen LogP contribution in [0, 0.1) is 23.4 Å². The van der Waals surface area contributed by atoms with Gasteiger partial charge >= 0.3 is 11.8 Å². The molecule has 2 aliphatic rings. The van der Waals surface area contributed by atoms with Crippen LogP contribution in [0.3, 0.4) is 0 Å². The summed E-state index contributed by atoms with van der Waals surface area (Å²) in [7, 11) is 0. The third-order valence-electron chi connectivity index (χ3n) is 6.12. The van der Waals surface area contributed by atoms with Crippen LogP contribution in [0.15, 0.2) is 65.9 Å². The van der Waals surface area contributed by atoms with Gasteiger partial charge in [-0.3, -0.25) is 24.8 Å². The maximum absolute atomic E-state index is 14.3. The molecule has 0 spiro atoms. The number of hydrogen-bond donors (Lipinski definition) is 2. The smallest absolute Gasteiger partial charge is 0.401 e. The molecular formula is C27H23F3N3O5+. The summed E-state index contributed by atoms with van der Waals surface area (Å²) in [6.45, 7) is -0.0356. The van der Waals surface area contributed by atoms with Crippen LogP contribution >= 0.6 is 0 Å². The first kappa shape index (κ1) is 26.5. The lowest BCUT2D eigenvalue weighted by Gasteiger charge is -2.17. The average Bonchev–Trinajstić information content (AvgIpc) is 3.28. The topological polar surface area (TPSA) is 107 Å². The van der Waals surface area contributed by atoms with Crippen molar-refractivity contribution in [3.63, 3.8) is 0 Å². The minimum Gasteiger partial charge on any atom is -0.503 e. The Bertz CT molecular complexity index is 1400. The Labute approximate surface area is 215 Å². The van der Waals surface area contributed by atoms with Gasteiger partial charge in [0.1, 0.15) is 17.5 Å². The maximum Gasteiger partial charge on any atom is 0.401 e. The second-order valence-electron chi connectivity index (χ2n) is 8.80. The zero-order valence-electron chi connectivity index (χ0n) is 20.0. The minimum absolute atomic E-state index is 0.134. The molecule has 1 fully saturated rings. The number of allylic oxidation sites excluding steroid dienone is 2.